The Morgan fingerprint density at radius 3 is 3.00 bits per heavy atom. The molecule has 1 aliphatic rings. The Morgan fingerprint density at radius 2 is 2.62 bits per heavy atom. The Bertz CT molecular complexity index is 114. The second-order valence-electron chi connectivity index (χ2n) is 1.77. The summed E-state index contributed by atoms with van der Waals surface area (Å²) in [5, 5.41) is 0. The first-order valence-corrected chi connectivity index (χ1v) is 2.92. The highest BCUT2D eigenvalue weighted by atomic mass is 15.1. The van der Waals surface area contributed by atoms with Gasteiger partial charge in [0.25, 0.3) is 0 Å². The molecule has 0 aromatic carbocycles. The first-order valence-electron chi connectivity index (χ1n) is 2.92. The van der Waals surface area contributed by atoms with Gasteiger partial charge in [0.15, 0.2) is 6.08 Å². The van der Waals surface area contributed by atoms with Crippen molar-refractivity contribution in [3.05, 3.63) is 24.4 Å². The third kappa shape index (κ3) is 1.08. The summed E-state index contributed by atoms with van der Waals surface area (Å²) >= 11 is 0. The van der Waals surface area contributed by atoms with Gasteiger partial charge in [0.1, 0.15) is 6.20 Å². The fourth-order valence-corrected chi connectivity index (χ4v) is 0.682. The summed E-state index contributed by atoms with van der Waals surface area (Å²) in [4.78, 5) is 2.22. The number of nitrogens with zero attached hydrogens (tertiary/aromatic N) is 1. The molecule has 0 atom stereocenters. The zero-order valence-corrected chi connectivity index (χ0v) is 5.09. The van der Waals surface area contributed by atoms with Crippen LogP contribution >= 0.6 is 0 Å². The summed E-state index contributed by atoms with van der Waals surface area (Å²) < 4.78 is 0. The van der Waals surface area contributed by atoms with Gasteiger partial charge in [-0.3, -0.25) is 4.90 Å². The van der Waals surface area contributed by atoms with Crippen LogP contribution in [-0.4, -0.2) is 18.0 Å². The molecule has 0 unspecified atom stereocenters. The molecule has 1 nitrogen and oxygen atoms in total. The molecule has 0 N–H and O–H groups in total. The quantitative estimate of drug-likeness (QED) is 0.456. The maximum absolute atomic E-state index is 3.00. The average molecular weight is 108 g/mol. The standard InChI is InChI=1S/C7H10N/c1-2-8-6-4-3-5-7-8/h4-6H,2,7H2,1H3/q+1. The number of allylic oxidation sites excluding steroid dienone is 2. The van der Waals surface area contributed by atoms with Crippen LogP contribution in [0.1, 0.15) is 6.92 Å². The van der Waals surface area contributed by atoms with E-state index in [1.807, 2.05) is 12.2 Å². The zero-order valence-electron chi connectivity index (χ0n) is 5.09. The molecule has 1 heteroatoms. The van der Waals surface area contributed by atoms with Crippen LogP contribution in [0.5, 0.6) is 0 Å². The molecule has 0 spiro atoms. The highest BCUT2D eigenvalue weighted by Crippen LogP contribution is 1.94. The van der Waals surface area contributed by atoms with E-state index in [1.165, 1.54) is 0 Å². The Morgan fingerprint density at radius 1 is 1.75 bits per heavy atom. The van der Waals surface area contributed by atoms with E-state index in [1.54, 1.807) is 0 Å². The van der Waals surface area contributed by atoms with Crippen LogP contribution in [0, 0.1) is 6.08 Å². The minimum atomic E-state index is 1.02. The van der Waals surface area contributed by atoms with E-state index in [4.69, 9.17) is 0 Å². The molecule has 0 radical (unpaired) electrons. The van der Waals surface area contributed by atoms with Crippen molar-refractivity contribution in [1.82, 2.24) is 4.90 Å². The van der Waals surface area contributed by atoms with Crippen molar-refractivity contribution in [3.8, 4) is 0 Å². The molecule has 0 aromatic rings. The summed E-state index contributed by atoms with van der Waals surface area (Å²) in [5.41, 5.74) is 0. The van der Waals surface area contributed by atoms with Crippen LogP contribution in [-0.2, 0) is 0 Å². The van der Waals surface area contributed by atoms with Crippen molar-refractivity contribution in [2.75, 3.05) is 13.1 Å². The molecule has 0 amide bonds. The summed E-state index contributed by atoms with van der Waals surface area (Å²) in [6.45, 7) is 4.26. The number of hydrogen-bond donors (Lipinski definition) is 0. The molecular formula is C7H10N+. The minimum absolute atomic E-state index is 1.02. The Hall–Kier alpha value is -0.810. The fourth-order valence-electron chi connectivity index (χ4n) is 0.682. The molecule has 8 heavy (non-hydrogen) atoms. The maximum Gasteiger partial charge on any atom is 0.176 e. The van der Waals surface area contributed by atoms with E-state index in [0.29, 0.717) is 0 Å². The maximum atomic E-state index is 3.00. The van der Waals surface area contributed by atoms with E-state index in [9.17, 15) is 0 Å². The summed E-state index contributed by atoms with van der Waals surface area (Å²) in [5.74, 6) is 0. The SMILES string of the molecule is CCN1C=C[C+]=CC1. The van der Waals surface area contributed by atoms with Gasteiger partial charge in [-0.15, -0.1) is 0 Å². The summed E-state index contributed by atoms with van der Waals surface area (Å²) in [6.07, 6.45) is 9.03. The van der Waals surface area contributed by atoms with Crippen LogP contribution < -0.4 is 0 Å². The van der Waals surface area contributed by atoms with Crippen molar-refractivity contribution < 1.29 is 0 Å². The molecular weight excluding hydrogens is 98.1 g/mol. The van der Waals surface area contributed by atoms with Gasteiger partial charge >= 0.3 is 0 Å². The van der Waals surface area contributed by atoms with Gasteiger partial charge in [0.2, 0.25) is 0 Å². The van der Waals surface area contributed by atoms with E-state index >= 15 is 0 Å². The summed E-state index contributed by atoms with van der Waals surface area (Å²) in [7, 11) is 0. The summed E-state index contributed by atoms with van der Waals surface area (Å²) in [6, 6.07) is 0. The van der Waals surface area contributed by atoms with E-state index in [-0.39, 0.29) is 0 Å². The lowest BCUT2D eigenvalue weighted by molar-refractivity contribution is 0.435. The molecule has 42 valence electrons. The van der Waals surface area contributed by atoms with Crippen LogP contribution in [0.3, 0.4) is 0 Å². The minimum Gasteiger partial charge on any atom is -0.298 e. The third-order valence-electron chi connectivity index (χ3n) is 1.23. The highest BCUT2D eigenvalue weighted by molar-refractivity contribution is 5.01. The molecule has 1 rings (SSSR count). The number of hydrogen-bond acceptors (Lipinski definition) is 1. The first kappa shape index (κ1) is 5.33. The van der Waals surface area contributed by atoms with Crippen LogP contribution in [0.25, 0.3) is 0 Å². The normalized spacial score (nSPS) is 16.4. The Labute approximate surface area is 50.3 Å². The lowest BCUT2D eigenvalue weighted by Gasteiger charge is -2.08. The molecule has 0 aromatic heterocycles. The van der Waals surface area contributed by atoms with Crippen molar-refractivity contribution in [1.29, 1.82) is 0 Å². The van der Waals surface area contributed by atoms with Gasteiger partial charge in [-0.1, -0.05) is 0 Å². The molecule has 0 aliphatic carbocycles. The van der Waals surface area contributed by atoms with Gasteiger partial charge < -0.3 is 0 Å². The lowest BCUT2D eigenvalue weighted by Crippen LogP contribution is -2.17. The van der Waals surface area contributed by atoms with Crippen LogP contribution in [0.2, 0.25) is 0 Å². The van der Waals surface area contributed by atoms with Crippen molar-refractivity contribution in [2.45, 2.75) is 6.92 Å². The predicted octanol–water partition coefficient (Wildman–Crippen LogP) is 1.19. The molecule has 0 saturated carbocycles. The van der Waals surface area contributed by atoms with Crippen molar-refractivity contribution in [2.24, 2.45) is 0 Å². The van der Waals surface area contributed by atoms with Gasteiger partial charge in [-0.05, 0) is 6.92 Å². The molecule has 1 heterocycles. The molecule has 0 saturated heterocycles. The van der Waals surface area contributed by atoms with E-state index in [2.05, 4.69) is 24.1 Å². The molecule has 1 aliphatic heterocycles. The average Bonchev–Trinajstić information content (AvgIpc) is 1.90. The highest BCUT2D eigenvalue weighted by Gasteiger charge is 2.01. The van der Waals surface area contributed by atoms with Gasteiger partial charge in [0.05, 0.1) is 18.7 Å². The first-order chi connectivity index (χ1) is 3.93. The van der Waals surface area contributed by atoms with Crippen LogP contribution in [0.4, 0.5) is 0 Å². The molecule has 0 bridgehead atoms. The number of rotatable bonds is 1. The topological polar surface area (TPSA) is 3.24 Å². The largest absolute Gasteiger partial charge is 0.298 e. The van der Waals surface area contributed by atoms with Crippen molar-refractivity contribution >= 4 is 0 Å². The number of likely N-dealkylation sites (N-methyl/N-ethyl adjacent to an activating group) is 1. The van der Waals surface area contributed by atoms with Crippen LogP contribution in [0.15, 0.2) is 18.4 Å². The third-order valence-corrected chi connectivity index (χ3v) is 1.23. The molecule has 0 fully saturated rings. The second kappa shape index (κ2) is 2.49. The monoisotopic (exact) mass is 108 g/mol. The smallest absolute Gasteiger partial charge is 0.176 e. The second-order valence-corrected chi connectivity index (χ2v) is 1.77. The Balaban J connectivity index is 2.40. The Kier molecular flexibility index (Phi) is 1.66. The zero-order chi connectivity index (χ0) is 5.82. The van der Waals surface area contributed by atoms with Gasteiger partial charge in [-0.25, -0.2) is 0 Å². The lowest BCUT2D eigenvalue weighted by atomic mass is 10.3. The predicted molar refractivity (Wildman–Crippen MR) is 34.2 cm³/mol. The van der Waals surface area contributed by atoms with E-state index < -0.39 is 0 Å². The van der Waals surface area contributed by atoms with E-state index in [0.717, 1.165) is 13.1 Å². The van der Waals surface area contributed by atoms with Gasteiger partial charge in [-0.2, -0.15) is 0 Å². The van der Waals surface area contributed by atoms with Gasteiger partial charge in [0, 0.05) is 6.54 Å². The fraction of sp³-hybridized carbons (Fsp3) is 0.429. The van der Waals surface area contributed by atoms with Crippen molar-refractivity contribution in [3.63, 3.8) is 0 Å².